The fourth-order valence-electron chi connectivity index (χ4n) is 2.71. The van der Waals surface area contributed by atoms with Crippen LogP contribution in [0.1, 0.15) is 28.8 Å². The Bertz CT molecular complexity index is 433. The molecular formula is C15H21NO3. The van der Waals surface area contributed by atoms with Gasteiger partial charge in [0.25, 0.3) is 0 Å². The molecule has 4 nitrogen and oxygen atoms in total. The molecule has 0 bridgehead atoms. The summed E-state index contributed by atoms with van der Waals surface area (Å²) in [6, 6.07) is 5.51. The lowest BCUT2D eigenvalue weighted by molar-refractivity contribution is 0.112. The number of nitrogens with zero attached hydrogens (tertiary/aromatic N) is 1. The first kappa shape index (κ1) is 14.0. The fourth-order valence-corrected chi connectivity index (χ4v) is 2.71. The molecule has 0 saturated carbocycles. The standard InChI is InChI=1S/C15H21NO3/c1-19-15-3-2-13(11-18)8-14(15)10-16-6-4-12(9-16)5-7-17/h2-3,8,11-12,17H,4-7,9-10H2,1H3. The number of hydrogen-bond acceptors (Lipinski definition) is 4. The smallest absolute Gasteiger partial charge is 0.150 e. The topological polar surface area (TPSA) is 49.8 Å². The molecule has 1 saturated heterocycles. The van der Waals surface area contributed by atoms with E-state index < -0.39 is 0 Å². The van der Waals surface area contributed by atoms with Crippen LogP contribution in [-0.2, 0) is 6.54 Å². The maximum Gasteiger partial charge on any atom is 0.150 e. The van der Waals surface area contributed by atoms with E-state index in [1.54, 1.807) is 13.2 Å². The summed E-state index contributed by atoms with van der Waals surface area (Å²) in [6.45, 7) is 3.11. The highest BCUT2D eigenvalue weighted by Crippen LogP contribution is 2.25. The molecule has 4 heteroatoms. The van der Waals surface area contributed by atoms with Gasteiger partial charge >= 0.3 is 0 Å². The summed E-state index contributed by atoms with van der Waals surface area (Å²) in [6.07, 6.45) is 2.87. The Kier molecular flexibility index (Phi) is 4.93. The number of aldehydes is 1. The summed E-state index contributed by atoms with van der Waals surface area (Å²) in [4.78, 5) is 13.2. The van der Waals surface area contributed by atoms with Gasteiger partial charge in [0.05, 0.1) is 7.11 Å². The number of aliphatic hydroxyl groups is 1. The Morgan fingerprint density at radius 1 is 1.53 bits per heavy atom. The van der Waals surface area contributed by atoms with Crippen molar-refractivity contribution in [3.05, 3.63) is 29.3 Å². The summed E-state index contributed by atoms with van der Waals surface area (Å²) in [7, 11) is 1.65. The van der Waals surface area contributed by atoms with Gasteiger partial charge in [-0.05, 0) is 43.5 Å². The Hall–Kier alpha value is -1.39. The third-order valence-electron chi connectivity index (χ3n) is 3.74. The molecule has 1 heterocycles. The number of ether oxygens (including phenoxy) is 1. The fraction of sp³-hybridized carbons (Fsp3) is 0.533. The molecule has 1 aliphatic rings. The molecule has 1 N–H and O–H groups in total. The SMILES string of the molecule is COc1ccc(C=O)cc1CN1CCC(CCO)C1. The van der Waals surface area contributed by atoms with Crippen molar-refractivity contribution in [2.24, 2.45) is 5.92 Å². The van der Waals surface area contributed by atoms with Gasteiger partial charge < -0.3 is 9.84 Å². The highest BCUT2D eigenvalue weighted by molar-refractivity contribution is 5.75. The molecule has 1 atom stereocenters. The monoisotopic (exact) mass is 263 g/mol. The molecule has 0 aromatic heterocycles. The second kappa shape index (κ2) is 6.68. The van der Waals surface area contributed by atoms with E-state index in [0.717, 1.165) is 50.1 Å². The maximum absolute atomic E-state index is 10.9. The van der Waals surface area contributed by atoms with Crippen molar-refractivity contribution < 1.29 is 14.6 Å². The lowest BCUT2D eigenvalue weighted by Crippen LogP contribution is -2.20. The van der Waals surface area contributed by atoms with Crippen molar-refractivity contribution in [1.29, 1.82) is 0 Å². The minimum Gasteiger partial charge on any atom is -0.496 e. The summed E-state index contributed by atoms with van der Waals surface area (Å²) in [5, 5.41) is 8.98. The first-order chi connectivity index (χ1) is 9.26. The minimum atomic E-state index is 0.266. The van der Waals surface area contributed by atoms with Crippen molar-refractivity contribution in [3.63, 3.8) is 0 Å². The van der Waals surface area contributed by atoms with Crippen LogP contribution in [0, 0.1) is 5.92 Å². The molecule has 1 fully saturated rings. The van der Waals surface area contributed by atoms with Gasteiger partial charge in [0.1, 0.15) is 12.0 Å². The van der Waals surface area contributed by atoms with Gasteiger partial charge in [-0.2, -0.15) is 0 Å². The van der Waals surface area contributed by atoms with Gasteiger partial charge in [0.2, 0.25) is 0 Å². The summed E-state index contributed by atoms with van der Waals surface area (Å²) in [5.74, 6) is 1.42. The van der Waals surface area contributed by atoms with E-state index >= 15 is 0 Å². The van der Waals surface area contributed by atoms with E-state index in [2.05, 4.69) is 4.90 Å². The Morgan fingerprint density at radius 3 is 3.05 bits per heavy atom. The number of carbonyl (C=O) groups excluding carboxylic acids is 1. The third-order valence-corrected chi connectivity index (χ3v) is 3.74. The van der Waals surface area contributed by atoms with E-state index in [0.29, 0.717) is 11.5 Å². The zero-order chi connectivity index (χ0) is 13.7. The third kappa shape index (κ3) is 3.55. The van der Waals surface area contributed by atoms with Crippen molar-refractivity contribution in [1.82, 2.24) is 4.90 Å². The number of methoxy groups -OCH3 is 1. The predicted molar refractivity (Wildman–Crippen MR) is 73.5 cm³/mol. The Balaban J connectivity index is 2.04. The van der Waals surface area contributed by atoms with Crippen LogP contribution in [0.15, 0.2) is 18.2 Å². The van der Waals surface area contributed by atoms with Crippen LogP contribution >= 0.6 is 0 Å². The van der Waals surface area contributed by atoms with Crippen molar-refractivity contribution in [2.45, 2.75) is 19.4 Å². The van der Waals surface area contributed by atoms with Gasteiger partial charge in [-0.15, -0.1) is 0 Å². The minimum absolute atomic E-state index is 0.266. The lowest BCUT2D eigenvalue weighted by Gasteiger charge is -2.18. The highest BCUT2D eigenvalue weighted by Gasteiger charge is 2.22. The van der Waals surface area contributed by atoms with Crippen LogP contribution < -0.4 is 4.74 Å². The van der Waals surface area contributed by atoms with E-state index in [1.165, 1.54) is 0 Å². The van der Waals surface area contributed by atoms with Crippen LogP contribution in [0.25, 0.3) is 0 Å². The molecule has 2 rings (SSSR count). The number of rotatable bonds is 6. The molecule has 0 radical (unpaired) electrons. The van der Waals surface area contributed by atoms with Crippen LogP contribution in [0.5, 0.6) is 5.75 Å². The van der Waals surface area contributed by atoms with Crippen LogP contribution in [0.2, 0.25) is 0 Å². The lowest BCUT2D eigenvalue weighted by atomic mass is 10.1. The molecule has 19 heavy (non-hydrogen) atoms. The number of aliphatic hydroxyl groups excluding tert-OH is 1. The molecule has 0 amide bonds. The predicted octanol–water partition coefficient (Wildman–Crippen LogP) is 1.71. The quantitative estimate of drug-likeness (QED) is 0.794. The van der Waals surface area contributed by atoms with E-state index in [4.69, 9.17) is 9.84 Å². The van der Waals surface area contributed by atoms with E-state index in [-0.39, 0.29) is 6.61 Å². The molecule has 104 valence electrons. The molecule has 1 aliphatic heterocycles. The summed E-state index contributed by atoms with van der Waals surface area (Å²) >= 11 is 0. The molecule has 0 aliphatic carbocycles. The average Bonchev–Trinajstić information content (AvgIpc) is 2.86. The number of hydrogen-bond donors (Lipinski definition) is 1. The van der Waals surface area contributed by atoms with Crippen LogP contribution in [0.4, 0.5) is 0 Å². The largest absolute Gasteiger partial charge is 0.496 e. The van der Waals surface area contributed by atoms with E-state index in [1.807, 2.05) is 12.1 Å². The second-order valence-electron chi connectivity index (χ2n) is 5.09. The number of carbonyl (C=O) groups is 1. The van der Waals surface area contributed by atoms with Crippen LogP contribution in [0.3, 0.4) is 0 Å². The van der Waals surface area contributed by atoms with Crippen molar-refractivity contribution in [3.8, 4) is 5.75 Å². The van der Waals surface area contributed by atoms with Gasteiger partial charge in [-0.3, -0.25) is 9.69 Å². The molecule has 1 aromatic rings. The molecular weight excluding hydrogens is 242 g/mol. The van der Waals surface area contributed by atoms with Gasteiger partial charge in [-0.25, -0.2) is 0 Å². The van der Waals surface area contributed by atoms with Gasteiger partial charge in [-0.1, -0.05) is 0 Å². The van der Waals surface area contributed by atoms with Gasteiger partial charge in [0, 0.05) is 30.8 Å². The average molecular weight is 263 g/mol. The first-order valence-electron chi connectivity index (χ1n) is 6.72. The summed E-state index contributed by atoms with van der Waals surface area (Å²) < 4.78 is 5.35. The van der Waals surface area contributed by atoms with Crippen molar-refractivity contribution in [2.75, 3.05) is 26.8 Å². The normalized spacial score (nSPS) is 19.6. The highest BCUT2D eigenvalue weighted by atomic mass is 16.5. The van der Waals surface area contributed by atoms with Crippen molar-refractivity contribution >= 4 is 6.29 Å². The Labute approximate surface area is 114 Å². The maximum atomic E-state index is 10.9. The van der Waals surface area contributed by atoms with E-state index in [9.17, 15) is 4.79 Å². The number of likely N-dealkylation sites (tertiary alicyclic amines) is 1. The first-order valence-corrected chi connectivity index (χ1v) is 6.72. The van der Waals surface area contributed by atoms with Crippen LogP contribution in [-0.4, -0.2) is 43.1 Å². The number of benzene rings is 1. The Morgan fingerprint density at radius 2 is 2.37 bits per heavy atom. The van der Waals surface area contributed by atoms with Gasteiger partial charge in [0.15, 0.2) is 0 Å². The molecule has 1 aromatic carbocycles. The summed E-state index contributed by atoms with van der Waals surface area (Å²) in [5.41, 5.74) is 1.73. The zero-order valence-corrected chi connectivity index (χ0v) is 11.3. The zero-order valence-electron chi connectivity index (χ0n) is 11.3. The second-order valence-corrected chi connectivity index (χ2v) is 5.09. The molecule has 0 spiro atoms. The molecule has 1 unspecified atom stereocenters.